The molecule has 0 spiro atoms. The molecule has 27 heavy (non-hydrogen) atoms. The van der Waals surface area contributed by atoms with Gasteiger partial charge in [-0.2, -0.15) is 0 Å². The molecule has 0 bridgehead atoms. The van der Waals surface area contributed by atoms with Gasteiger partial charge in [-0.1, -0.05) is 24.3 Å². The van der Waals surface area contributed by atoms with Crippen LogP contribution in [0.1, 0.15) is 15.9 Å². The van der Waals surface area contributed by atoms with Crippen LogP contribution in [-0.2, 0) is 16.0 Å². The minimum Gasteiger partial charge on any atom is -0.378 e. The van der Waals surface area contributed by atoms with Gasteiger partial charge in [-0.3, -0.25) is 9.59 Å². The number of hydrogen-bond donors (Lipinski definition) is 1. The van der Waals surface area contributed by atoms with Crippen LogP contribution in [0, 0.1) is 0 Å². The van der Waals surface area contributed by atoms with Crippen LogP contribution in [0.25, 0.3) is 0 Å². The third-order valence-corrected chi connectivity index (χ3v) is 5.04. The number of morpholine rings is 1. The molecule has 2 amide bonds. The first-order valence-electron chi connectivity index (χ1n) is 9.31. The molecule has 0 aliphatic carbocycles. The molecule has 2 aliphatic rings. The molecule has 0 unspecified atom stereocenters. The van der Waals surface area contributed by atoms with E-state index in [1.807, 2.05) is 47.4 Å². The van der Waals surface area contributed by atoms with Crippen molar-refractivity contribution in [2.24, 2.45) is 0 Å². The van der Waals surface area contributed by atoms with Crippen LogP contribution in [0.4, 0.5) is 11.4 Å². The average molecular weight is 365 g/mol. The Morgan fingerprint density at radius 2 is 1.81 bits per heavy atom. The Morgan fingerprint density at radius 3 is 2.67 bits per heavy atom. The smallest absolute Gasteiger partial charge is 0.254 e. The lowest BCUT2D eigenvalue weighted by molar-refractivity contribution is -0.116. The summed E-state index contributed by atoms with van der Waals surface area (Å²) in [6, 6.07) is 15.3. The van der Waals surface area contributed by atoms with Crippen molar-refractivity contribution in [3.05, 3.63) is 59.7 Å². The molecule has 1 saturated heterocycles. The first kappa shape index (κ1) is 17.5. The number of carbonyl (C=O) groups excluding carboxylic acids is 2. The molecule has 1 N–H and O–H groups in total. The van der Waals surface area contributed by atoms with Crippen LogP contribution in [0.5, 0.6) is 0 Å². The Balaban J connectivity index is 1.39. The maximum atomic E-state index is 12.6. The zero-order valence-corrected chi connectivity index (χ0v) is 15.2. The number of ether oxygens (including phenoxy) is 1. The van der Waals surface area contributed by atoms with Crippen LogP contribution in [0.15, 0.2) is 48.5 Å². The normalized spacial score (nSPS) is 16.1. The fraction of sp³-hybridized carbons (Fsp3) is 0.333. The summed E-state index contributed by atoms with van der Waals surface area (Å²) in [5.74, 6) is 0.0339. The number of nitrogens with one attached hydrogen (secondary N) is 1. The van der Waals surface area contributed by atoms with Gasteiger partial charge in [0.05, 0.1) is 19.8 Å². The SMILES string of the molecule is O=C(c1cccc(NCC(=O)N2CCc3ccccc32)c1)N1CCOCC1. The van der Waals surface area contributed by atoms with Crippen molar-refractivity contribution >= 4 is 23.2 Å². The molecule has 4 rings (SSSR count). The zero-order chi connectivity index (χ0) is 18.6. The third-order valence-electron chi connectivity index (χ3n) is 5.04. The number of para-hydroxylation sites is 1. The molecular formula is C21H23N3O3. The van der Waals surface area contributed by atoms with Gasteiger partial charge in [0.15, 0.2) is 0 Å². The lowest BCUT2D eigenvalue weighted by Crippen LogP contribution is -2.40. The summed E-state index contributed by atoms with van der Waals surface area (Å²) in [5, 5.41) is 3.16. The summed E-state index contributed by atoms with van der Waals surface area (Å²) in [5.41, 5.74) is 3.61. The second-order valence-electron chi connectivity index (χ2n) is 6.76. The van der Waals surface area contributed by atoms with E-state index in [1.165, 1.54) is 5.56 Å². The second kappa shape index (κ2) is 7.80. The Bertz CT molecular complexity index is 846. The molecule has 0 radical (unpaired) electrons. The van der Waals surface area contributed by atoms with E-state index in [1.54, 1.807) is 4.90 Å². The number of benzene rings is 2. The van der Waals surface area contributed by atoms with Crippen LogP contribution in [-0.4, -0.2) is 56.1 Å². The van der Waals surface area contributed by atoms with Gasteiger partial charge in [-0.05, 0) is 36.2 Å². The summed E-state index contributed by atoms with van der Waals surface area (Å²) in [6.45, 7) is 3.30. The van der Waals surface area contributed by atoms with E-state index >= 15 is 0 Å². The highest BCUT2D eigenvalue weighted by atomic mass is 16.5. The van der Waals surface area contributed by atoms with Crippen molar-refractivity contribution in [2.45, 2.75) is 6.42 Å². The quantitative estimate of drug-likeness (QED) is 0.902. The van der Waals surface area contributed by atoms with Gasteiger partial charge in [0, 0.05) is 36.6 Å². The van der Waals surface area contributed by atoms with Gasteiger partial charge in [0.1, 0.15) is 0 Å². The molecule has 140 valence electrons. The van der Waals surface area contributed by atoms with Gasteiger partial charge in [-0.15, -0.1) is 0 Å². The molecule has 1 fully saturated rings. The zero-order valence-electron chi connectivity index (χ0n) is 15.2. The van der Waals surface area contributed by atoms with Crippen molar-refractivity contribution < 1.29 is 14.3 Å². The van der Waals surface area contributed by atoms with Crippen molar-refractivity contribution in [2.75, 3.05) is 49.6 Å². The van der Waals surface area contributed by atoms with Crippen LogP contribution in [0.2, 0.25) is 0 Å². The van der Waals surface area contributed by atoms with Gasteiger partial charge >= 0.3 is 0 Å². The maximum Gasteiger partial charge on any atom is 0.254 e. The molecule has 2 aromatic rings. The number of nitrogens with zero attached hydrogens (tertiary/aromatic N) is 2. The second-order valence-corrected chi connectivity index (χ2v) is 6.76. The number of fused-ring (bicyclic) bond motifs is 1. The summed E-state index contributed by atoms with van der Waals surface area (Å²) in [7, 11) is 0. The summed E-state index contributed by atoms with van der Waals surface area (Å²) >= 11 is 0. The first-order chi connectivity index (χ1) is 13.2. The maximum absolute atomic E-state index is 12.6. The van der Waals surface area contributed by atoms with E-state index in [4.69, 9.17) is 4.74 Å². The van der Waals surface area contributed by atoms with Crippen molar-refractivity contribution in [3.8, 4) is 0 Å². The molecular weight excluding hydrogens is 342 g/mol. The molecule has 6 nitrogen and oxygen atoms in total. The van der Waals surface area contributed by atoms with E-state index in [2.05, 4.69) is 11.4 Å². The van der Waals surface area contributed by atoms with Crippen molar-refractivity contribution in [1.82, 2.24) is 4.90 Å². The number of hydrogen-bond acceptors (Lipinski definition) is 4. The van der Waals surface area contributed by atoms with Gasteiger partial charge < -0.3 is 19.9 Å². The van der Waals surface area contributed by atoms with E-state index < -0.39 is 0 Å². The molecule has 2 aliphatic heterocycles. The summed E-state index contributed by atoms with van der Waals surface area (Å²) in [6.07, 6.45) is 0.894. The Kier molecular flexibility index (Phi) is 5.07. The topological polar surface area (TPSA) is 61.9 Å². The Morgan fingerprint density at radius 1 is 1.00 bits per heavy atom. The average Bonchev–Trinajstić information content (AvgIpc) is 3.16. The van der Waals surface area contributed by atoms with E-state index in [-0.39, 0.29) is 18.4 Å². The molecule has 6 heteroatoms. The van der Waals surface area contributed by atoms with Gasteiger partial charge in [-0.25, -0.2) is 0 Å². The fourth-order valence-corrected chi connectivity index (χ4v) is 3.58. The fourth-order valence-electron chi connectivity index (χ4n) is 3.58. The molecule has 0 aromatic heterocycles. The third kappa shape index (κ3) is 3.80. The highest BCUT2D eigenvalue weighted by Gasteiger charge is 2.24. The molecule has 0 saturated carbocycles. The molecule has 0 atom stereocenters. The lowest BCUT2D eigenvalue weighted by Gasteiger charge is -2.27. The predicted octanol–water partition coefficient (Wildman–Crippen LogP) is 2.16. The minimum absolute atomic E-state index is 0.00162. The summed E-state index contributed by atoms with van der Waals surface area (Å²) < 4.78 is 5.30. The largest absolute Gasteiger partial charge is 0.378 e. The van der Waals surface area contributed by atoms with Crippen molar-refractivity contribution in [3.63, 3.8) is 0 Å². The number of carbonyl (C=O) groups is 2. The van der Waals surface area contributed by atoms with Gasteiger partial charge in [0.25, 0.3) is 5.91 Å². The van der Waals surface area contributed by atoms with Crippen LogP contribution < -0.4 is 10.2 Å². The predicted molar refractivity (Wildman–Crippen MR) is 104 cm³/mol. The number of rotatable bonds is 4. The first-order valence-corrected chi connectivity index (χ1v) is 9.31. The van der Waals surface area contributed by atoms with Crippen molar-refractivity contribution in [1.29, 1.82) is 0 Å². The van der Waals surface area contributed by atoms with E-state index in [9.17, 15) is 9.59 Å². The molecule has 2 heterocycles. The van der Waals surface area contributed by atoms with E-state index in [0.29, 0.717) is 31.9 Å². The Labute approximate surface area is 158 Å². The Hall–Kier alpha value is -2.86. The highest BCUT2D eigenvalue weighted by Crippen LogP contribution is 2.27. The standard InChI is InChI=1S/C21H23N3O3/c25-20(24-9-8-16-4-1-2-7-19(16)24)15-22-18-6-3-5-17(14-18)21(26)23-10-12-27-13-11-23/h1-7,14,22H,8-13,15H2. The lowest BCUT2D eigenvalue weighted by atomic mass is 10.1. The number of anilines is 2. The molecule has 2 aromatic carbocycles. The van der Waals surface area contributed by atoms with Crippen LogP contribution >= 0.6 is 0 Å². The summed E-state index contributed by atoms with van der Waals surface area (Å²) in [4.78, 5) is 28.9. The van der Waals surface area contributed by atoms with Crippen LogP contribution in [0.3, 0.4) is 0 Å². The highest BCUT2D eigenvalue weighted by molar-refractivity contribution is 5.98. The van der Waals surface area contributed by atoms with E-state index in [0.717, 1.165) is 24.3 Å². The monoisotopic (exact) mass is 365 g/mol. The van der Waals surface area contributed by atoms with Gasteiger partial charge in [0.2, 0.25) is 5.91 Å². The number of amides is 2. The minimum atomic E-state index is 0.00162.